The molecule has 0 spiro atoms. The molecule has 1 aliphatic rings. The molecule has 3 N–H and O–H groups in total. The van der Waals surface area contributed by atoms with E-state index in [-0.39, 0.29) is 12.3 Å². The van der Waals surface area contributed by atoms with Crippen molar-refractivity contribution in [1.29, 1.82) is 0 Å². The second kappa shape index (κ2) is 5.19. The molecule has 2 atom stereocenters. The summed E-state index contributed by atoms with van der Waals surface area (Å²) in [6.07, 6.45) is 1.48. The molecule has 2 heterocycles. The van der Waals surface area contributed by atoms with Gasteiger partial charge in [-0.2, -0.15) is 0 Å². The van der Waals surface area contributed by atoms with Gasteiger partial charge in [-0.15, -0.1) is 0 Å². The quantitative estimate of drug-likeness (QED) is 0.893. The third-order valence-corrected chi connectivity index (χ3v) is 3.31. The first-order valence-corrected chi connectivity index (χ1v) is 6.72. The van der Waals surface area contributed by atoms with Crippen LogP contribution in [0.5, 0.6) is 0 Å². The topological polar surface area (TPSA) is 64.6 Å². The van der Waals surface area contributed by atoms with E-state index in [1.165, 1.54) is 0 Å². The van der Waals surface area contributed by atoms with Crippen LogP contribution in [0, 0.1) is 0 Å². The fourth-order valence-corrected chi connectivity index (χ4v) is 2.21. The number of rotatable bonds is 2. The molecule has 6 heteroatoms. The van der Waals surface area contributed by atoms with Crippen LogP contribution in [0.2, 0.25) is 5.02 Å². The molecule has 3 rings (SSSR count). The molecule has 0 saturated carbocycles. The molecular weight excluding hydrogens is 276 g/mol. The Labute approximate surface area is 122 Å². The Hall–Kier alpha value is -1.98. The summed E-state index contributed by atoms with van der Waals surface area (Å²) in [5, 5.41) is 0.579. The molecule has 20 heavy (non-hydrogen) atoms. The SMILES string of the molecule is C[C@H](N)C1Nn2ccc(Cl)c2C(=Nc2ccccc2)O1. The van der Waals surface area contributed by atoms with Crippen molar-refractivity contribution in [2.24, 2.45) is 10.7 Å². The lowest BCUT2D eigenvalue weighted by Crippen LogP contribution is -2.49. The lowest BCUT2D eigenvalue weighted by atomic mass is 10.3. The Morgan fingerprint density at radius 1 is 1.35 bits per heavy atom. The highest BCUT2D eigenvalue weighted by atomic mass is 35.5. The summed E-state index contributed by atoms with van der Waals surface area (Å²) in [4.78, 5) is 4.52. The van der Waals surface area contributed by atoms with Crippen LogP contribution < -0.4 is 11.2 Å². The van der Waals surface area contributed by atoms with E-state index in [4.69, 9.17) is 22.1 Å². The largest absolute Gasteiger partial charge is 0.449 e. The number of hydrogen-bond donors (Lipinski definition) is 2. The number of nitrogens with zero attached hydrogens (tertiary/aromatic N) is 2. The van der Waals surface area contributed by atoms with E-state index in [1.54, 1.807) is 10.7 Å². The van der Waals surface area contributed by atoms with Gasteiger partial charge in [0.15, 0.2) is 6.23 Å². The molecule has 1 unspecified atom stereocenters. The highest BCUT2D eigenvalue weighted by Crippen LogP contribution is 2.24. The molecular formula is C14H15ClN4O. The molecule has 1 aromatic heterocycles. The van der Waals surface area contributed by atoms with Gasteiger partial charge in [0.1, 0.15) is 5.69 Å². The zero-order chi connectivity index (χ0) is 14.1. The van der Waals surface area contributed by atoms with E-state index in [1.807, 2.05) is 43.5 Å². The molecule has 1 aromatic carbocycles. The monoisotopic (exact) mass is 290 g/mol. The van der Waals surface area contributed by atoms with Gasteiger partial charge < -0.3 is 10.5 Å². The zero-order valence-electron chi connectivity index (χ0n) is 11.0. The third kappa shape index (κ3) is 2.37. The summed E-state index contributed by atoms with van der Waals surface area (Å²) in [5.41, 5.74) is 10.5. The number of aromatic nitrogens is 1. The molecule has 0 saturated heterocycles. The van der Waals surface area contributed by atoms with Crippen molar-refractivity contribution in [2.45, 2.75) is 19.2 Å². The van der Waals surface area contributed by atoms with Crippen molar-refractivity contribution in [3.05, 3.63) is 53.3 Å². The maximum atomic E-state index is 6.19. The Kier molecular flexibility index (Phi) is 3.38. The lowest BCUT2D eigenvalue weighted by Gasteiger charge is -2.31. The Balaban J connectivity index is 2.04. The van der Waals surface area contributed by atoms with Crippen LogP contribution in [-0.4, -0.2) is 22.8 Å². The normalized spacial score (nSPS) is 20.9. The molecule has 0 bridgehead atoms. The van der Waals surface area contributed by atoms with Crippen molar-refractivity contribution in [2.75, 3.05) is 5.43 Å². The van der Waals surface area contributed by atoms with Gasteiger partial charge in [0, 0.05) is 6.20 Å². The van der Waals surface area contributed by atoms with E-state index in [0.29, 0.717) is 16.6 Å². The summed E-state index contributed by atoms with van der Waals surface area (Å²) >= 11 is 6.19. The van der Waals surface area contributed by atoms with Crippen LogP contribution in [-0.2, 0) is 4.74 Å². The van der Waals surface area contributed by atoms with Gasteiger partial charge in [-0.1, -0.05) is 29.8 Å². The standard InChI is InChI=1S/C14H15ClN4O/c1-9(16)13-18-19-8-7-11(15)12(19)14(20-13)17-10-5-3-2-4-6-10/h2-9,13,18H,16H2,1H3/t9-,13?/m0/s1. The number of aliphatic imine (C=N–C) groups is 1. The van der Waals surface area contributed by atoms with Crippen LogP contribution in [0.1, 0.15) is 12.6 Å². The summed E-state index contributed by atoms with van der Waals surface area (Å²) in [6, 6.07) is 11.2. The molecule has 0 aliphatic carbocycles. The summed E-state index contributed by atoms with van der Waals surface area (Å²) in [5.74, 6) is 0.465. The minimum atomic E-state index is -0.353. The summed E-state index contributed by atoms with van der Waals surface area (Å²) in [6.45, 7) is 1.87. The average Bonchev–Trinajstić information content (AvgIpc) is 2.82. The predicted octanol–water partition coefficient (Wildman–Crippen LogP) is 2.47. The minimum absolute atomic E-state index is 0.190. The molecule has 1 aliphatic heterocycles. The van der Waals surface area contributed by atoms with Crippen molar-refractivity contribution in [1.82, 2.24) is 4.68 Å². The molecule has 104 valence electrons. The van der Waals surface area contributed by atoms with Crippen LogP contribution >= 0.6 is 11.6 Å². The van der Waals surface area contributed by atoms with Crippen LogP contribution in [0.3, 0.4) is 0 Å². The molecule has 0 radical (unpaired) electrons. The average molecular weight is 291 g/mol. The highest BCUT2D eigenvalue weighted by molar-refractivity contribution is 6.33. The van der Waals surface area contributed by atoms with Crippen molar-refractivity contribution in [3.63, 3.8) is 0 Å². The van der Waals surface area contributed by atoms with Gasteiger partial charge in [0.2, 0.25) is 5.90 Å². The number of para-hydroxylation sites is 1. The van der Waals surface area contributed by atoms with Crippen molar-refractivity contribution >= 4 is 23.2 Å². The van der Waals surface area contributed by atoms with Crippen LogP contribution in [0.15, 0.2) is 47.6 Å². The van der Waals surface area contributed by atoms with E-state index >= 15 is 0 Å². The van der Waals surface area contributed by atoms with E-state index in [2.05, 4.69) is 10.4 Å². The van der Waals surface area contributed by atoms with Gasteiger partial charge in [-0.3, -0.25) is 10.1 Å². The number of ether oxygens (including phenoxy) is 1. The zero-order valence-corrected chi connectivity index (χ0v) is 11.7. The summed E-state index contributed by atoms with van der Waals surface area (Å²) < 4.78 is 7.62. The van der Waals surface area contributed by atoms with Gasteiger partial charge in [0.05, 0.1) is 16.8 Å². The fraction of sp³-hybridized carbons (Fsp3) is 0.214. The van der Waals surface area contributed by atoms with E-state index in [0.717, 1.165) is 5.69 Å². The van der Waals surface area contributed by atoms with Crippen LogP contribution in [0.25, 0.3) is 0 Å². The maximum Gasteiger partial charge on any atom is 0.244 e. The van der Waals surface area contributed by atoms with Gasteiger partial charge >= 0.3 is 0 Å². The fourth-order valence-electron chi connectivity index (χ4n) is 1.98. The molecule has 2 aromatic rings. The van der Waals surface area contributed by atoms with Gasteiger partial charge in [-0.25, -0.2) is 4.99 Å². The van der Waals surface area contributed by atoms with E-state index < -0.39 is 0 Å². The van der Waals surface area contributed by atoms with Crippen molar-refractivity contribution in [3.8, 4) is 0 Å². The first kappa shape index (κ1) is 13.0. The Morgan fingerprint density at radius 3 is 2.80 bits per heavy atom. The number of halogens is 1. The molecule has 0 amide bonds. The second-order valence-electron chi connectivity index (χ2n) is 4.66. The first-order valence-electron chi connectivity index (χ1n) is 6.35. The molecule has 0 fully saturated rings. The Bertz CT molecular complexity index is 636. The minimum Gasteiger partial charge on any atom is -0.449 e. The van der Waals surface area contributed by atoms with E-state index in [9.17, 15) is 0 Å². The van der Waals surface area contributed by atoms with Crippen molar-refractivity contribution < 1.29 is 4.74 Å². The maximum absolute atomic E-state index is 6.19. The lowest BCUT2D eigenvalue weighted by molar-refractivity contribution is 0.165. The number of fused-ring (bicyclic) bond motifs is 1. The predicted molar refractivity (Wildman–Crippen MR) is 80.0 cm³/mol. The first-order chi connectivity index (χ1) is 9.65. The number of nitrogens with two attached hydrogens (primary N) is 1. The number of nitrogens with one attached hydrogen (secondary N) is 1. The van der Waals surface area contributed by atoms with Gasteiger partial charge in [0.25, 0.3) is 0 Å². The van der Waals surface area contributed by atoms with Gasteiger partial charge in [-0.05, 0) is 25.1 Å². The highest BCUT2D eigenvalue weighted by Gasteiger charge is 2.28. The second-order valence-corrected chi connectivity index (χ2v) is 5.07. The van der Waals surface area contributed by atoms with Crippen LogP contribution in [0.4, 0.5) is 5.69 Å². The number of benzene rings is 1. The smallest absolute Gasteiger partial charge is 0.244 e. The molecule has 5 nitrogen and oxygen atoms in total. The Morgan fingerprint density at radius 2 is 2.10 bits per heavy atom. The number of hydrogen-bond acceptors (Lipinski definition) is 4. The third-order valence-electron chi connectivity index (χ3n) is 3.01. The summed E-state index contributed by atoms with van der Waals surface area (Å²) in [7, 11) is 0.